The Morgan fingerprint density at radius 2 is 2.12 bits per heavy atom. The van der Waals surface area contributed by atoms with E-state index >= 15 is 0 Å². The lowest BCUT2D eigenvalue weighted by Gasteiger charge is -2.19. The van der Waals surface area contributed by atoms with Crippen molar-refractivity contribution < 1.29 is 0 Å². The summed E-state index contributed by atoms with van der Waals surface area (Å²) in [7, 11) is 0. The van der Waals surface area contributed by atoms with Gasteiger partial charge in [0.1, 0.15) is 5.82 Å². The Hall–Kier alpha value is -2.64. The van der Waals surface area contributed by atoms with Gasteiger partial charge in [-0.05, 0) is 61.7 Å². The van der Waals surface area contributed by atoms with E-state index in [1.54, 1.807) is 0 Å². The van der Waals surface area contributed by atoms with Gasteiger partial charge in [0.05, 0.1) is 22.7 Å². The van der Waals surface area contributed by atoms with E-state index in [2.05, 4.69) is 41.1 Å². The smallest absolute Gasteiger partial charge is 0.108 e. The molecule has 25 heavy (non-hydrogen) atoms. The highest BCUT2D eigenvalue weighted by Crippen LogP contribution is 2.24. The third kappa shape index (κ3) is 3.29. The molecule has 1 aliphatic heterocycles. The van der Waals surface area contributed by atoms with Crippen LogP contribution in [0.25, 0.3) is 22.2 Å². The van der Waals surface area contributed by atoms with Gasteiger partial charge in [-0.15, -0.1) is 0 Å². The SMILES string of the molecule is C[C@@H]1CCCN1CCc1nc2ccc(-c3cccc(C#N)c3)cc2[nH]1. The molecule has 1 fully saturated rings. The standard InChI is InChI=1S/C21H22N4/c1-15-4-3-10-25(15)11-9-21-23-19-8-7-18(13-20(19)24-21)17-6-2-5-16(12-17)14-22/h2,5-8,12-13,15H,3-4,9-11H2,1H3,(H,23,24)/t15-/m1/s1. The molecule has 0 aliphatic carbocycles. The van der Waals surface area contributed by atoms with E-state index < -0.39 is 0 Å². The van der Waals surface area contributed by atoms with Gasteiger partial charge in [0, 0.05) is 19.0 Å². The minimum absolute atomic E-state index is 0.683. The molecule has 2 heterocycles. The number of hydrogen-bond donors (Lipinski definition) is 1. The van der Waals surface area contributed by atoms with Crippen LogP contribution in [0.15, 0.2) is 42.5 Å². The molecule has 0 unspecified atom stereocenters. The number of likely N-dealkylation sites (tertiary alicyclic amines) is 1. The number of H-pyrrole nitrogens is 1. The molecule has 1 aliphatic rings. The zero-order chi connectivity index (χ0) is 17.2. The van der Waals surface area contributed by atoms with E-state index in [1.807, 2.05) is 24.3 Å². The third-order valence-corrected chi connectivity index (χ3v) is 5.18. The Bertz CT molecular complexity index is 934. The first kappa shape index (κ1) is 15.9. The van der Waals surface area contributed by atoms with E-state index in [0.29, 0.717) is 11.6 Å². The normalized spacial score (nSPS) is 17.8. The Kier molecular flexibility index (Phi) is 4.25. The van der Waals surface area contributed by atoms with E-state index in [-0.39, 0.29) is 0 Å². The molecular formula is C21H22N4. The lowest BCUT2D eigenvalue weighted by Crippen LogP contribution is -2.29. The molecule has 126 valence electrons. The highest BCUT2D eigenvalue weighted by Gasteiger charge is 2.19. The van der Waals surface area contributed by atoms with Gasteiger partial charge in [-0.25, -0.2) is 4.98 Å². The van der Waals surface area contributed by atoms with Crippen LogP contribution in [-0.4, -0.2) is 34.0 Å². The Balaban J connectivity index is 1.55. The summed E-state index contributed by atoms with van der Waals surface area (Å²) in [6.45, 7) is 4.59. The van der Waals surface area contributed by atoms with Crippen LogP contribution < -0.4 is 0 Å². The van der Waals surface area contributed by atoms with Crippen LogP contribution in [0.1, 0.15) is 31.2 Å². The number of nitriles is 1. The zero-order valence-electron chi connectivity index (χ0n) is 14.5. The number of nitrogens with one attached hydrogen (secondary N) is 1. The van der Waals surface area contributed by atoms with Crippen molar-refractivity contribution in [1.82, 2.24) is 14.9 Å². The fourth-order valence-corrected chi connectivity index (χ4v) is 3.70. The maximum Gasteiger partial charge on any atom is 0.108 e. The van der Waals surface area contributed by atoms with Crippen molar-refractivity contribution in [3.05, 3.63) is 53.9 Å². The van der Waals surface area contributed by atoms with Crippen molar-refractivity contribution in [2.45, 2.75) is 32.2 Å². The number of hydrogen-bond acceptors (Lipinski definition) is 3. The van der Waals surface area contributed by atoms with Gasteiger partial charge in [0.25, 0.3) is 0 Å². The molecule has 0 bridgehead atoms. The summed E-state index contributed by atoms with van der Waals surface area (Å²) in [5.41, 5.74) is 4.91. The molecule has 2 aromatic carbocycles. The maximum absolute atomic E-state index is 9.08. The zero-order valence-corrected chi connectivity index (χ0v) is 14.5. The van der Waals surface area contributed by atoms with Crippen molar-refractivity contribution in [2.24, 2.45) is 0 Å². The number of rotatable bonds is 4. The lowest BCUT2D eigenvalue weighted by atomic mass is 10.0. The van der Waals surface area contributed by atoms with Gasteiger partial charge < -0.3 is 9.88 Å². The predicted octanol–water partition coefficient (Wildman–Crippen LogP) is 4.13. The monoisotopic (exact) mass is 330 g/mol. The Morgan fingerprint density at radius 3 is 2.92 bits per heavy atom. The Morgan fingerprint density at radius 1 is 1.24 bits per heavy atom. The van der Waals surface area contributed by atoms with Gasteiger partial charge in [-0.1, -0.05) is 18.2 Å². The first-order chi connectivity index (χ1) is 12.2. The van der Waals surface area contributed by atoms with E-state index in [9.17, 15) is 0 Å². The van der Waals surface area contributed by atoms with Gasteiger partial charge in [-0.2, -0.15) is 5.26 Å². The molecule has 1 atom stereocenters. The molecule has 4 rings (SSSR count). The minimum atomic E-state index is 0.683. The second kappa shape index (κ2) is 6.70. The summed E-state index contributed by atoms with van der Waals surface area (Å²) in [4.78, 5) is 10.8. The highest BCUT2D eigenvalue weighted by atomic mass is 15.2. The first-order valence-corrected chi connectivity index (χ1v) is 8.96. The average molecular weight is 330 g/mol. The van der Waals surface area contributed by atoms with Gasteiger partial charge in [0.15, 0.2) is 0 Å². The second-order valence-corrected chi connectivity index (χ2v) is 6.89. The maximum atomic E-state index is 9.08. The summed E-state index contributed by atoms with van der Waals surface area (Å²) >= 11 is 0. The van der Waals surface area contributed by atoms with E-state index in [1.165, 1.54) is 19.4 Å². The van der Waals surface area contributed by atoms with Crippen LogP contribution in [-0.2, 0) is 6.42 Å². The summed E-state index contributed by atoms with van der Waals surface area (Å²) in [5.74, 6) is 1.05. The van der Waals surface area contributed by atoms with E-state index in [4.69, 9.17) is 10.2 Å². The second-order valence-electron chi connectivity index (χ2n) is 6.89. The van der Waals surface area contributed by atoms with Gasteiger partial charge >= 0.3 is 0 Å². The third-order valence-electron chi connectivity index (χ3n) is 5.18. The molecule has 3 aromatic rings. The van der Waals surface area contributed by atoms with Crippen molar-refractivity contribution in [3.63, 3.8) is 0 Å². The number of fused-ring (bicyclic) bond motifs is 1. The molecule has 1 aromatic heterocycles. The number of imidazole rings is 1. The number of nitrogens with zero attached hydrogens (tertiary/aromatic N) is 3. The molecule has 0 spiro atoms. The van der Waals surface area contributed by atoms with Gasteiger partial charge in [0.2, 0.25) is 0 Å². The van der Waals surface area contributed by atoms with Crippen molar-refractivity contribution in [3.8, 4) is 17.2 Å². The summed E-state index contributed by atoms with van der Waals surface area (Å²) in [6.07, 6.45) is 3.58. The van der Waals surface area contributed by atoms with Crippen LogP contribution in [0.4, 0.5) is 0 Å². The summed E-state index contributed by atoms with van der Waals surface area (Å²) in [6, 6.07) is 16.9. The van der Waals surface area contributed by atoms with Crippen LogP contribution in [0.2, 0.25) is 0 Å². The predicted molar refractivity (Wildman–Crippen MR) is 100 cm³/mol. The molecule has 4 heteroatoms. The quantitative estimate of drug-likeness (QED) is 0.782. The van der Waals surface area contributed by atoms with Crippen LogP contribution in [0, 0.1) is 11.3 Å². The fraction of sp³-hybridized carbons (Fsp3) is 0.333. The number of benzene rings is 2. The van der Waals surface area contributed by atoms with Crippen molar-refractivity contribution >= 4 is 11.0 Å². The Labute approximate surface area is 148 Å². The topological polar surface area (TPSA) is 55.7 Å². The van der Waals surface area contributed by atoms with Crippen LogP contribution in [0.3, 0.4) is 0 Å². The highest BCUT2D eigenvalue weighted by molar-refractivity contribution is 5.82. The molecule has 1 N–H and O–H groups in total. The van der Waals surface area contributed by atoms with Gasteiger partial charge in [-0.3, -0.25) is 0 Å². The number of aromatic nitrogens is 2. The van der Waals surface area contributed by atoms with E-state index in [0.717, 1.165) is 41.0 Å². The average Bonchev–Trinajstić information content (AvgIpc) is 3.24. The number of aromatic amines is 1. The molecule has 0 amide bonds. The molecule has 1 saturated heterocycles. The minimum Gasteiger partial charge on any atom is -0.342 e. The summed E-state index contributed by atoms with van der Waals surface area (Å²) in [5, 5.41) is 9.08. The lowest BCUT2D eigenvalue weighted by molar-refractivity contribution is 0.271. The molecule has 0 radical (unpaired) electrons. The first-order valence-electron chi connectivity index (χ1n) is 8.96. The molecule has 0 saturated carbocycles. The van der Waals surface area contributed by atoms with Crippen LogP contribution in [0.5, 0.6) is 0 Å². The molecular weight excluding hydrogens is 308 g/mol. The molecule has 4 nitrogen and oxygen atoms in total. The fourth-order valence-electron chi connectivity index (χ4n) is 3.70. The van der Waals surface area contributed by atoms with Crippen molar-refractivity contribution in [2.75, 3.05) is 13.1 Å². The summed E-state index contributed by atoms with van der Waals surface area (Å²) < 4.78 is 0. The van der Waals surface area contributed by atoms with Crippen molar-refractivity contribution in [1.29, 1.82) is 5.26 Å². The largest absolute Gasteiger partial charge is 0.342 e. The van der Waals surface area contributed by atoms with Crippen LogP contribution >= 0.6 is 0 Å².